The number of likely N-dealkylation sites (N-methyl/N-ethyl adjacent to an activating group) is 1. The van der Waals surface area contributed by atoms with Gasteiger partial charge >= 0.3 is 11.7 Å². The standard InChI is InChI=1S/C14H15N5O5/c1-18(8-6-11-15-7-5-12(20)17-11)13-10(19(22)23)4-3-9(16-13)14(21)24-2/h3-5,7H,6,8H2,1-2H3,(H,15,17,20). The monoisotopic (exact) mass is 333 g/mol. The number of hydrogen-bond donors (Lipinski definition) is 1. The van der Waals surface area contributed by atoms with Crippen LogP contribution in [0.5, 0.6) is 0 Å². The molecule has 2 heterocycles. The second kappa shape index (κ2) is 7.31. The summed E-state index contributed by atoms with van der Waals surface area (Å²) >= 11 is 0. The molecule has 0 aliphatic carbocycles. The number of rotatable bonds is 6. The molecule has 0 aromatic carbocycles. The maximum Gasteiger partial charge on any atom is 0.356 e. The van der Waals surface area contributed by atoms with Crippen LogP contribution < -0.4 is 10.5 Å². The molecule has 0 fully saturated rings. The highest BCUT2D eigenvalue weighted by atomic mass is 16.6. The van der Waals surface area contributed by atoms with Gasteiger partial charge in [-0.05, 0) is 6.07 Å². The van der Waals surface area contributed by atoms with E-state index in [-0.39, 0.29) is 22.8 Å². The van der Waals surface area contributed by atoms with Gasteiger partial charge in [-0.25, -0.2) is 14.8 Å². The van der Waals surface area contributed by atoms with Gasteiger partial charge in [-0.15, -0.1) is 0 Å². The van der Waals surface area contributed by atoms with Gasteiger partial charge in [-0.2, -0.15) is 0 Å². The third kappa shape index (κ3) is 3.91. The van der Waals surface area contributed by atoms with Crippen LogP contribution in [0.1, 0.15) is 16.3 Å². The number of ether oxygens (including phenoxy) is 1. The molecule has 0 saturated heterocycles. The Hall–Kier alpha value is -3.30. The Kier molecular flexibility index (Phi) is 5.20. The van der Waals surface area contributed by atoms with E-state index in [1.807, 2.05) is 0 Å². The zero-order chi connectivity index (χ0) is 17.7. The van der Waals surface area contributed by atoms with E-state index in [1.54, 1.807) is 7.05 Å². The second-order valence-electron chi connectivity index (χ2n) is 4.84. The van der Waals surface area contributed by atoms with Crippen molar-refractivity contribution >= 4 is 17.5 Å². The number of nitrogens with one attached hydrogen (secondary N) is 1. The summed E-state index contributed by atoms with van der Waals surface area (Å²) < 4.78 is 4.57. The fraction of sp³-hybridized carbons (Fsp3) is 0.286. The number of H-pyrrole nitrogens is 1. The van der Waals surface area contributed by atoms with Gasteiger partial charge in [0.05, 0.1) is 12.0 Å². The maximum atomic E-state index is 11.6. The van der Waals surface area contributed by atoms with Gasteiger partial charge in [0.1, 0.15) is 5.82 Å². The molecule has 0 bridgehead atoms. The molecule has 0 atom stereocenters. The number of nitrogens with zero attached hydrogens (tertiary/aromatic N) is 4. The normalized spacial score (nSPS) is 10.2. The van der Waals surface area contributed by atoms with Crippen LogP contribution in [0.15, 0.2) is 29.2 Å². The molecule has 10 nitrogen and oxygen atoms in total. The minimum atomic E-state index is -0.686. The molecular formula is C14H15N5O5. The topological polar surface area (TPSA) is 131 Å². The van der Waals surface area contributed by atoms with Crippen molar-refractivity contribution in [3.8, 4) is 0 Å². The highest BCUT2D eigenvalue weighted by molar-refractivity contribution is 5.88. The summed E-state index contributed by atoms with van der Waals surface area (Å²) in [7, 11) is 2.80. The lowest BCUT2D eigenvalue weighted by atomic mass is 10.3. The van der Waals surface area contributed by atoms with Gasteiger partial charge in [0.2, 0.25) is 5.82 Å². The number of carbonyl (C=O) groups excluding carboxylic acids is 1. The third-order valence-corrected chi connectivity index (χ3v) is 3.22. The number of esters is 1. The molecule has 2 rings (SSSR count). The molecule has 126 valence electrons. The van der Waals surface area contributed by atoms with Crippen LogP contribution in [0, 0.1) is 10.1 Å². The number of nitro groups is 1. The van der Waals surface area contributed by atoms with Crippen molar-refractivity contribution in [2.24, 2.45) is 0 Å². The number of aromatic amines is 1. The van der Waals surface area contributed by atoms with Gasteiger partial charge in [0.25, 0.3) is 5.56 Å². The molecule has 0 spiro atoms. The molecule has 0 amide bonds. The van der Waals surface area contributed by atoms with Crippen molar-refractivity contribution < 1.29 is 14.5 Å². The Morgan fingerprint density at radius 2 is 2.17 bits per heavy atom. The molecule has 0 unspecified atom stereocenters. The third-order valence-electron chi connectivity index (χ3n) is 3.22. The van der Waals surface area contributed by atoms with E-state index in [0.29, 0.717) is 18.8 Å². The number of anilines is 1. The highest BCUT2D eigenvalue weighted by Gasteiger charge is 2.22. The average molecular weight is 333 g/mol. The maximum absolute atomic E-state index is 11.6. The molecule has 10 heteroatoms. The second-order valence-corrected chi connectivity index (χ2v) is 4.84. The molecule has 0 aliphatic heterocycles. The van der Waals surface area contributed by atoms with Crippen molar-refractivity contribution in [3.05, 3.63) is 56.4 Å². The Morgan fingerprint density at radius 3 is 2.79 bits per heavy atom. The first kappa shape index (κ1) is 17.1. The van der Waals surface area contributed by atoms with E-state index in [4.69, 9.17) is 0 Å². The number of aromatic nitrogens is 3. The fourth-order valence-electron chi connectivity index (χ4n) is 2.00. The first-order valence-corrected chi connectivity index (χ1v) is 6.91. The molecule has 1 N–H and O–H groups in total. The zero-order valence-electron chi connectivity index (χ0n) is 13.1. The van der Waals surface area contributed by atoms with Gasteiger partial charge < -0.3 is 14.6 Å². The summed E-state index contributed by atoms with van der Waals surface area (Å²) in [6, 6.07) is 3.73. The van der Waals surface area contributed by atoms with E-state index in [2.05, 4.69) is 19.7 Å². The predicted molar refractivity (Wildman–Crippen MR) is 84.1 cm³/mol. The Labute approximate surface area is 136 Å². The van der Waals surface area contributed by atoms with Crippen molar-refractivity contribution in [2.75, 3.05) is 25.6 Å². The number of pyridine rings is 1. The van der Waals surface area contributed by atoms with Gasteiger partial charge in [-0.3, -0.25) is 14.9 Å². The summed E-state index contributed by atoms with van der Waals surface area (Å²) in [5.41, 5.74) is -0.546. The van der Waals surface area contributed by atoms with Crippen molar-refractivity contribution in [1.82, 2.24) is 15.0 Å². The molecular weight excluding hydrogens is 318 g/mol. The quantitative estimate of drug-likeness (QED) is 0.460. The highest BCUT2D eigenvalue weighted by Crippen LogP contribution is 2.25. The van der Waals surface area contributed by atoms with Crippen LogP contribution >= 0.6 is 0 Å². The number of methoxy groups -OCH3 is 1. The van der Waals surface area contributed by atoms with Gasteiger partial charge in [0, 0.05) is 38.3 Å². The van der Waals surface area contributed by atoms with Gasteiger partial charge in [0.15, 0.2) is 5.69 Å². The van der Waals surface area contributed by atoms with E-state index in [1.165, 1.54) is 36.4 Å². The summed E-state index contributed by atoms with van der Waals surface area (Å²) in [4.78, 5) is 45.5. The smallest absolute Gasteiger partial charge is 0.356 e. The molecule has 0 saturated carbocycles. The molecule has 24 heavy (non-hydrogen) atoms. The summed E-state index contributed by atoms with van der Waals surface area (Å²) in [6.07, 6.45) is 1.72. The van der Waals surface area contributed by atoms with Crippen LogP contribution in [0.2, 0.25) is 0 Å². The lowest BCUT2D eigenvalue weighted by Crippen LogP contribution is -2.24. The van der Waals surface area contributed by atoms with E-state index in [0.717, 1.165) is 0 Å². The average Bonchev–Trinajstić information content (AvgIpc) is 2.58. The summed E-state index contributed by atoms with van der Waals surface area (Å²) in [5, 5.41) is 11.2. The van der Waals surface area contributed by atoms with Crippen LogP contribution in [0.4, 0.5) is 11.5 Å². The lowest BCUT2D eigenvalue weighted by Gasteiger charge is -2.18. The van der Waals surface area contributed by atoms with E-state index < -0.39 is 10.9 Å². The van der Waals surface area contributed by atoms with Gasteiger partial charge in [-0.1, -0.05) is 0 Å². The van der Waals surface area contributed by atoms with E-state index in [9.17, 15) is 19.7 Å². The molecule has 0 radical (unpaired) electrons. The van der Waals surface area contributed by atoms with Crippen molar-refractivity contribution in [1.29, 1.82) is 0 Å². The Balaban J connectivity index is 2.25. The van der Waals surface area contributed by atoms with Crippen LogP contribution in [-0.2, 0) is 11.2 Å². The Bertz CT molecular complexity index is 819. The minimum Gasteiger partial charge on any atom is -0.464 e. The van der Waals surface area contributed by atoms with Crippen molar-refractivity contribution in [2.45, 2.75) is 6.42 Å². The van der Waals surface area contributed by atoms with Crippen LogP contribution in [0.25, 0.3) is 0 Å². The number of hydrogen-bond acceptors (Lipinski definition) is 8. The minimum absolute atomic E-state index is 0.0289. The fourth-order valence-corrected chi connectivity index (χ4v) is 2.00. The van der Waals surface area contributed by atoms with Crippen LogP contribution in [-0.4, -0.2) is 46.5 Å². The number of carbonyl (C=O) groups is 1. The van der Waals surface area contributed by atoms with Crippen LogP contribution in [0.3, 0.4) is 0 Å². The summed E-state index contributed by atoms with van der Waals surface area (Å²) in [6.45, 7) is 0.297. The van der Waals surface area contributed by atoms with Crippen molar-refractivity contribution in [3.63, 3.8) is 0 Å². The first-order chi connectivity index (χ1) is 11.4. The zero-order valence-corrected chi connectivity index (χ0v) is 13.1. The predicted octanol–water partition coefficient (Wildman–Crippen LogP) is 0.539. The SMILES string of the molecule is COC(=O)c1ccc([N+](=O)[O-])c(N(C)CCc2nccc(=O)[nH]2)n1. The first-order valence-electron chi connectivity index (χ1n) is 6.91. The van der Waals surface area contributed by atoms with E-state index >= 15 is 0 Å². The molecule has 0 aliphatic rings. The molecule has 2 aromatic heterocycles. The molecule has 2 aromatic rings. The Morgan fingerprint density at radius 1 is 1.42 bits per heavy atom. The summed E-state index contributed by atoms with van der Waals surface area (Å²) in [5.74, 6) is -0.212. The lowest BCUT2D eigenvalue weighted by molar-refractivity contribution is -0.384. The largest absolute Gasteiger partial charge is 0.464 e.